The number of halogens is 1. The molecule has 1 unspecified atom stereocenters. The summed E-state index contributed by atoms with van der Waals surface area (Å²) in [6.07, 6.45) is 0.349. The van der Waals surface area contributed by atoms with Crippen molar-refractivity contribution in [3.63, 3.8) is 0 Å². The van der Waals surface area contributed by atoms with Crippen molar-refractivity contribution in [3.8, 4) is 5.75 Å². The summed E-state index contributed by atoms with van der Waals surface area (Å²) < 4.78 is 24.5. The molecule has 25 heavy (non-hydrogen) atoms. The summed E-state index contributed by atoms with van der Waals surface area (Å²) in [6, 6.07) is 9.35. The quantitative estimate of drug-likeness (QED) is 0.837. The lowest BCUT2D eigenvalue weighted by Crippen LogP contribution is -2.23. The van der Waals surface area contributed by atoms with Crippen LogP contribution in [0.25, 0.3) is 0 Å². The van der Waals surface area contributed by atoms with E-state index in [1.165, 1.54) is 0 Å². The van der Waals surface area contributed by atoms with Gasteiger partial charge in [0.2, 0.25) is 5.91 Å². The van der Waals surface area contributed by atoms with Crippen LogP contribution in [-0.4, -0.2) is 26.2 Å². The first-order valence-electron chi connectivity index (χ1n) is 8.31. The Morgan fingerprint density at radius 1 is 1.16 bits per heavy atom. The van der Waals surface area contributed by atoms with E-state index in [-0.39, 0.29) is 17.6 Å². The molecule has 0 saturated heterocycles. The van der Waals surface area contributed by atoms with Gasteiger partial charge in [-0.2, -0.15) is 0 Å². The first-order valence-corrected chi connectivity index (χ1v) is 8.31. The lowest BCUT2D eigenvalue weighted by atomic mass is 9.83. The minimum absolute atomic E-state index is 0.0498. The van der Waals surface area contributed by atoms with Crippen LogP contribution < -0.4 is 10.1 Å². The number of benzene rings is 2. The Kier molecular flexibility index (Phi) is 5.04. The molecule has 0 saturated carbocycles. The van der Waals surface area contributed by atoms with Crippen LogP contribution in [0.1, 0.15) is 34.6 Å². The van der Waals surface area contributed by atoms with Crippen LogP contribution in [0.4, 0.5) is 10.1 Å². The maximum absolute atomic E-state index is 13.9. The molecule has 1 heterocycles. The third-order valence-corrected chi connectivity index (χ3v) is 4.48. The first-order chi connectivity index (χ1) is 12.0. The average molecular weight is 343 g/mol. The number of carbonyl (C=O) groups is 1. The number of fused-ring (bicyclic) bond motifs is 1. The highest BCUT2D eigenvalue weighted by Gasteiger charge is 2.27. The number of nitrogens with one attached hydrogen (secondary N) is 1. The fraction of sp³-hybridized carbons (Fsp3) is 0.350. The van der Waals surface area contributed by atoms with Gasteiger partial charge < -0.3 is 14.8 Å². The van der Waals surface area contributed by atoms with Gasteiger partial charge in [0, 0.05) is 31.2 Å². The van der Waals surface area contributed by atoms with E-state index in [1.54, 1.807) is 21.0 Å². The SMILES string of the molecule is COCCOc1ccc2c(c1)NC(=O)CC2c1cc(C)c(F)c(C)c1. The maximum Gasteiger partial charge on any atom is 0.225 e. The second-order valence-electron chi connectivity index (χ2n) is 6.36. The Morgan fingerprint density at radius 2 is 1.88 bits per heavy atom. The predicted octanol–water partition coefficient (Wildman–Crippen LogP) is 3.94. The number of methoxy groups -OCH3 is 1. The molecular weight excluding hydrogens is 321 g/mol. The van der Waals surface area contributed by atoms with Crippen molar-refractivity contribution in [1.29, 1.82) is 0 Å². The van der Waals surface area contributed by atoms with Gasteiger partial charge in [-0.3, -0.25) is 4.79 Å². The van der Waals surface area contributed by atoms with Gasteiger partial charge in [-0.1, -0.05) is 18.2 Å². The van der Waals surface area contributed by atoms with Gasteiger partial charge in [0.05, 0.1) is 6.61 Å². The molecule has 4 nitrogen and oxygen atoms in total. The van der Waals surface area contributed by atoms with Gasteiger partial charge >= 0.3 is 0 Å². The molecule has 0 radical (unpaired) electrons. The van der Waals surface area contributed by atoms with E-state index in [0.717, 1.165) is 16.8 Å². The van der Waals surface area contributed by atoms with E-state index in [1.807, 2.05) is 30.3 Å². The van der Waals surface area contributed by atoms with Crippen LogP contribution in [0.2, 0.25) is 0 Å². The molecule has 1 aliphatic heterocycles. The van der Waals surface area contributed by atoms with Crippen LogP contribution >= 0.6 is 0 Å². The topological polar surface area (TPSA) is 47.6 Å². The molecule has 0 aromatic heterocycles. The number of aryl methyl sites for hydroxylation is 2. The van der Waals surface area contributed by atoms with E-state index in [2.05, 4.69) is 5.32 Å². The van der Waals surface area contributed by atoms with Crippen LogP contribution in [-0.2, 0) is 9.53 Å². The summed E-state index contributed by atoms with van der Waals surface area (Å²) in [5.74, 6) is 0.357. The second kappa shape index (κ2) is 7.23. The van der Waals surface area contributed by atoms with Crippen molar-refractivity contribution in [2.45, 2.75) is 26.2 Å². The fourth-order valence-corrected chi connectivity index (χ4v) is 3.25. The van der Waals surface area contributed by atoms with Crippen LogP contribution in [0.5, 0.6) is 5.75 Å². The minimum Gasteiger partial charge on any atom is -0.491 e. The summed E-state index contributed by atoms with van der Waals surface area (Å²) >= 11 is 0. The predicted molar refractivity (Wildman–Crippen MR) is 94.8 cm³/mol. The van der Waals surface area contributed by atoms with E-state index in [9.17, 15) is 9.18 Å². The van der Waals surface area contributed by atoms with Gasteiger partial charge in [0.15, 0.2) is 0 Å². The van der Waals surface area contributed by atoms with Crippen molar-refractivity contribution >= 4 is 11.6 Å². The minimum atomic E-state index is -0.189. The zero-order valence-electron chi connectivity index (χ0n) is 14.7. The zero-order valence-corrected chi connectivity index (χ0v) is 14.7. The molecule has 0 aliphatic carbocycles. The molecule has 0 spiro atoms. The average Bonchev–Trinajstić information content (AvgIpc) is 2.58. The lowest BCUT2D eigenvalue weighted by molar-refractivity contribution is -0.116. The van der Waals surface area contributed by atoms with E-state index >= 15 is 0 Å². The Bertz CT molecular complexity index is 781. The molecule has 1 aliphatic rings. The standard InChI is InChI=1S/C20H22FNO3/c1-12-8-14(9-13(2)20(12)21)17-11-19(23)22-18-10-15(4-5-16(17)18)25-7-6-24-3/h4-5,8-10,17H,6-7,11H2,1-3H3,(H,22,23). The molecular formula is C20H22FNO3. The monoisotopic (exact) mass is 343 g/mol. The van der Waals surface area contributed by atoms with Gasteiger partial charge in [-0.05, 0) is 42.2 Å². The van der Waals surface area contributed by atoms with Crippen LogP contribution in [0.3, 0.4) is 0 Å². The van der Waals surface area contributed by atoms with E-state index < -0.39 is 0 Å². The fourth-order valence-electron chi connectivity index (χ4n) is 3.25. The number of hydrogen-bond donors (Lipinski definition) is 1. The molecule has 1 N–H and O–H groups in total. The molecule has 3 rings (SSSR count). The second-order valence-corrected chi connectivity index (χ2v) is 6.36. The number of rotatable bonds is 5. The third kappa shape index (κ3) is 3.66. The van der Waals surface area contributed by atoms with Crippen LogP contribution in [0, 0.1) is 19.7 Å². The van der Waals surface area contributed by atoms with Gasteiger partial charge in [0.1, 0.15) is 18.2 Å². The highest BCUT2D eigenvalue weighted by Crippen LogP contribution is 2.39. The van der Waals surface area contributed by atoms with Crippen molar-refractivity contribution in [3.05, 3.63) is 58.4 Å². The zero-order chi connectivity index (χ0) is 18.0. The Balaban J connectivity index is 1.95. The Morgan fingerprint density at radius 3 is 2.56 bits per heavy atom. The normalized spacial score (nSPS) is 16.3. The van der Waals surface area contributed by atoms with Gasteiger partial charge in [-0.25, -0.2) is 4.39 Å². The molecule has 2 aromatic rings. The highest BCUT2D eigenvalue weighted by molar-refractivity contribution is 5.95. The number of ether oxygens (including phenoxy) is 2. The Hall–Kier alpha value is -2.40. The molecule has 0 bridgehead atoms. The largest absolute Gasteiger partial charge is 0.491 e. The smallest absolute Gasteiger partial charge is 0.225 e. The van der Waals surface area contributed by atoms with Crippen molar-refractivity contribution in [1.82, 2.24) is 0 Å². The summed E-state index contributed by atoms with van der Waals surface area (Å²) in [5, 5.41) is 2.91. The lowest BCUT2D eigenvalue weighted by Gasteiger charge is -2.27. The molecule has 132 valence electrons. The number of carbonyl (C=O) groups excluding carboxylic acids is 1. The molecule has 2 aromatic carbocycles. The number of hydrogen-bond acceptors (Lipinski definition) is 3. The molecule has 5 heteroatoms. The summed E-state index contributed by atoms with van der Waals surface area (Å²) in [7, 11) is 1.62. The van der Waals surface area contributed by atoms with E-state index in [4.69, 9.17) is 9.47 Å². The molecule has 1 atom stereocenters. The van der Waals surface area contributed by atoms with Crippen LogP contribution in [0.15, 0.2) is 30.3 Å². The maximum atomic E-state index is 13.9. The number of amides is 1. The third-order valence-electron chi connectivity index (χ3n) is 4.48. The summed E-state index contributed by atoms with van der Waals surface area (Å²) in [6.45, 7) is 4.45. The van der Waals surface area contributed by atoms with Crippen molar-refractivity contribution < 1.29 is 18.7 Å². The van der Waals surface area contributed by atoms with Crippen molar-refractivity contribution in [2.75, 3.05) is 25.6 Å². The van der Waals surface area contributed by atoms with Gasteiger partial charge in [-0.15, -0.1) is 0 Å². The number of anilines is 1. The first kappa shape index (κ1) is 17.4. The summed E-state index contributed by atoms with van der Waals surface area (Å²) in [4.78, 5) is 12.2. The molecule has 0 fully saturated rings. The molecule has 1 amide bonds. The van der Waals surface area contributed by atoms with Gasteiger partial charge in [0.25, 0.3) is 0 Å². The van der Waals surface area contributed by atoms with E-state index in [0.29, 0.717) is 36.5 Å². The van der Waals surface area contributed by atoms with Crippen molar-refractivity contribution in [2.24, 2.45) is 0 Å². The summed E-state index contributed by atoms with van der Waals surface area (Å²) in [5.41, 5.74) is 3.92. The Labute approximate surface area is 147 Å². The highest BCUT2D eigenvalue weighted by atomic mass is 19.1.